The Bertz CT molecular complexity index is 756. The number of amides is 1. The number of nitrogens with zero attached hydrogens (tertiary/aromatic N) is 1. The van der Waals surface area contributed by atoms with Crippen molar-refractivity contribution in [2.24, 2.45) is 0 Å². The molecule has 0 bridgehead atoms. The van der Waals surface area contributed by atoms with Crippen LogP contribution in [0.2, 0.25) is 0 Å². The zero-order valence-electron chi connectivity index (χ0n) is 13.7. The first-order chi connectivity index (χ1) is 11.6. The Kier molecular flexibility index (Phi) is 5.14. The fraction of sp³-hybridized carbons (Fsp3) is 0.444. The van der Waals surface area contributed by atoms with Crippen molar-refractivity contribution >= 4 is 34.5 Å². The Morgan fingerprint density at radius 3 is 3.04 bits per heavy atom. The summed E-state index contributed by atoms with van der Waals surface area (Å²) in [7, 11) is 0. The lowest BCUT2D eigenvalue weighted by Gasteiger charge is -2.34. The van der Waals surface area contributed by atoms with Gasteiger partial charge in [-0.05, 0) is 24.5 Å². The molecule has 0 saturated carbocycles. The van der Waals surface area contributed by atoms with E-state index in [1.807, 2.05) is 12.3 Å². The van der Waals surface area contributed by atoms with E-state index in [0.29, 0.717) is 25.1 Å². The topological polar surface area (TPSA) is 73.4 Å². The summed E-state index contributed by atoms with van der Waals surface area (Å²) < 4.78 is 0. The average molecular weight is 346 g/mol. The van der Waals surface area contributed by atoms with Gasteiger partial charge >= 0.3 is 5.97 Å². The van der Waals surface area contributed by atoms with Gasteiger partial charge in [-0.15, -0.1) is 0 Å². The van der Waals surface area contributed by atoms with E-state index in [9.17, 15) is 9.59 Å². The Morgan fingerprint density at radius 2 is 2.25 bits per heavy atom. The second-order valence-corrected chi connectivity index (χ2v) is 7.37. The molecule has 1 amide bonds. The highest BCUT2D eigenvalue weighted by Gasteiger charge is 2.28. The third-order valence-corrected chi connectivity index (χ3v) is 5.67. The van der Waals surface area contributed by atoms with E-state index in [-0.39, 0.29) is 18.4 Å². The van der Waals surface area contributed by atoms with Gasteiger partial charge in [0.2, 0.25) is 5.91 Å². The number of nitrogens with one attached hydrogen (secondary N) is 1. The maximum absolute atomic E-state index is 12.6. The number of carbonyl (C=O) groups is 2. The Hall–Kier alpha value is -1.95. The van der Waals surface area contributed by atoms with Gasteiger partial charge in [-0.25, -0.2) is 0 Å². The van der Waals surface area contributed by atoms with Gasteiger partial charge in [0.25, 0.3) is 0 Å². The van der Waals surface area contributed by atoms with Gasteiger partial charge in [-0.3, -0.25) is 9.59 Å². The molecule has 24 heavy (non-hydrogen) atoms. The summed E-state index contributed by atoms with van der Waals surface area (Å²) in [6.45, 7) is 2.71. The summed E-state index contributed by atoms with van der Waals surface area (Å²) in [6, 6.07) is 5.99. The lowest BCUT2D eigenvalue weighted by molar-refractivity contribution is -0.140. The summed E-state index contributed by atoms with van der Waals surface area (Å²) in [6.07, 6.45) is 3.10. The van der Waals surface area contributed by atoms with Crippen molar-refractivity contribution in [3.05, 3.63) is 35.5 Å². The predicted molar refractivity (Wildman–Crippen MR) is 96.4 cm³/mol. The quantitative estimate of drug-likeness (QED) is 0.873. The van der Waals surface area contributed by atoms with E-state index >= 15 is 0 Å². The van der Waals surface area contributed by atoms with Crippen molar-refractivity contribution in [1.29, 1.82) is 0 Å². The molecule has 5 nitrogen and oxygen atoms in total. The number of carboxylic acid groups (broad SMARTS) is 1. The first-order valence-electron chi connectivity index (χ1n) is 8.21. The fourth-order valence-electron chi connectivity index (χ4n) is 3.31. The molecule has 2 heterocycles. The largest absolute Gasteiger partial charge is 0.481 e. The molecule has 1 fully saturated rings. The molecule has 1 unspecified atom stereocenters. The van der Waals surface area contributed by atoms with Gasteiger partial charge in [-0.2, -0.15) is 11.8 Å². The van der Waals surface area contributed by atoms with Crippen molar-refractivity contribution in [3.8, 4) is 0 Å². The third kappa shape index (κ3) is 3.59. The number of aromatic nitrogens is 1. The average Bonchev–Trinajstić information content (AvgIpc) is 2.97. The zero-order chi connectivity index (χ0) is 17.1. The van der Waals surface area contributed by atoms with Gasteiger partial charge in [0, 0.05) is 41.6 Å². The Labute approximate surface area is 145 Å². The monoisotopic (exact) mass is 346 g/mol. The molecule has 2 N–H and O–H groups in total. The molecule has 0 radical (unpaired) electrons. The van der Waals surface area contributed by atoms with Gasteiger partial charge in [0.15, 0.2) is 0 Å². The SMILES string of the molecule is Cc1cccc2c(CCC(=O)N3CCSCC3CC(=O)O)c[nH]c12. The predicted octanol–water partition coefficient (Wildman–Crippen LogP) is 2.83. The van der Waals surface area contributed by atoms with Crippen LogP contribution in [0.15, 0.2) is 24.4 Å². The summed E-state index contributed by atoms with van der Waals surface area (Å²) in [5.41, 5.74) is 3.46. The normalized spacial score (nSPS) is 18.0. The van der Waals surface area contributed by atoms with Gasteiger partial charge in [0.1, 0.15) is 0 Å². The smallest absolute Gasteiger partial charge is 0.305 e. The highest BCUT2D eigenvalue weighted by atomic mass is 32.2. The fourth-order valence-corrected chi connectivity index (χ4v) is 4.37. The van der Waals surface area contributed by atoms with Gasteiger partial charge < -0.3 is 15.0 Å². The van der Waals surface area contributed by atoms with Crippen LogP contribution in [-0.2, 0) is 16.0 Å². The molecule has 1 aromatic heterocycles. The number of aliphatic carboxylic acids is 1. The number of thioether (sulfide) groups is 1. The lowest BCUT2D eigenvalue weighted by Crippen LogP contribution is -2.47. The molecule has 3 rings (SSSR count). The van der Waals surface area contributed by atoms with Crippen molar-refractivity contribution in [1.82, 2.24) is 9.88 Å². The maximum Gasteiger partial charge on any atom is 0.305 e. The van der Waals surface area contributed by atoms with Crippen LogP contribution in [-0.4, -0.2) is 51.0 Å². The minimum absolute atomic E-state index is 0.0328. The third-order valence-electron chi connectivity index (χ3n) is 4.58. The summed E-state index contributed by atoms with van der Waals surface area (Å²) in [5, 5.41) is 10.2. The number of para-hydroxylation sites is 1. The first-order valence-corrected chi connectivity index (χ1v) is 9.36. The van der Waals surface area contributed by atoms with Crippen LogP contribution in [0.1, 0.15) is 24.0 Å². The molecular weight excluding hydrogens is 324 g/mol. The van der Waals surface area contributed by atoms with Crippen LogP contribution in [0, 0.1) is 6.92 Å². The van der Waals surface area contributed by atoms with Crippen LogP contribution >= 0.6 is 11.8 Å². The van der Waals surface area contributed by atoms with Crippen LogP contribution < -0.4 is 0 Å². The van der Waals surface area contributed by atoms with E-state index in [1.165, 1.54) is 10.9 Å². The number of rotatable bonds is 5. The molecule has 1 aliphatic heterocycles. The first kappa shape index (κ1) is 16.9. The number of carbonyl (C=O) groups excluding carboxylic acids is 1. The molecule has 0 aliphatic carbocycles. The Balaban J connectivity index is 1.67. The number of carboxylic acids is 1. The highest BCUT2D eigenvalue weighted by Crippen LogP contribution is 2.24. The zero-order valence-corrected chi connectivity index (χ0v) is 14.6. The number of aryl methyl sites for hydroxylation is 2. The number of fused-ring (bicyclic) bond motifs is 1. The van der Waals surface area contributed by atoms with E-state index in [0.717, 1.165) is 16.8 Å². The molecule has 6 heteroatoms. The Morgan fingerprint density at radius 1 is 1.42 bits per heavy atom. The number of hydrogen-bond donors (Lipinski definition) is 2. The molecule has 128 valence electrons. The summed E-state index contributed by atoms with van der Waals surface area (Å²) >= 11 is 1.72. The summed E-state index contributed by atoms with van der Waals surface area (Å²) in [4.78, 5) is 28.7. The maximum atomic E-state index is 12.6. The second-order valence-electron chi connectivity index (χ2n) is 6.23. The van der Waals surface area contributed by atoms with E-state index in [4.69, 9.17) is 5.11 Å². The van der Waals surface area contributed by atoms with Crippen molar-refractivity contribution in [3.63, 3.8) is 0 Å². The van der Waals surface area contributed by atoms with E-state index in [1.54, 1.807) is 16.7 Å². The lowest BCUT2D eigenvalue weighted by atomic mass is 10.1. The number of hydrogen-bond acceptors (Lipinski definition) is 3. The van der Waals surface area contributed by atoms with Gasteiger partial charge in [-0.1, -0.05) is 18.2 Å². The van der Waals surface area contributed by atoms with E-state index < -0.39 is 5.97 Å². The number of H-pyrrole nitrogens is 1. The molecular formula is C18H22N2O3S. The molecule has 1 aromatic carbocycles. The number of benzene rings is 1. The second kappa shape index (κ2) is 7.30. The van der Waals surface area contributed by atoms with Crippen LogP contribution in [0.25, 0.3) is 10.9 Å². The van der Waals surface area contributed by atoms with Crippen LogP contribution in [0.3, 0.4) is 0 Å². The van der Waals surface area contributed by atoms with Crippen LogP contribution in [0.4, 0.5) is 0 Å². The molecule has 1 aliphatic rings. The standard InChI is InChI=1S/C18H22N2O3S/c1-12-3-2-4-15-13(10-19-18(12)15)5-6-16(21)20-7-8-24-11-14(20)9-17(22)23/h2-4,10,14,19H,5-9,11H2,1H3,(H,22,23). The molecule has 2 aromatic rings. The minimum atomic E-state index is -0.840. The van der Waals surface area contributed by atoms with Crippen molar-refractivity contribution in [2.45, 2.75) is 32.2 Å². The molecule has 1 atom stereocenters. The van der Waals surface area contributed by atoms with Crippen molar-refractivity contribution < 1.29 is 14.7 Å². The summed E-state index contributed by atoms with van der Waals surface area (Å²) in [5.74, 6) is 0.814. The van der Waals surface area contributed by atoms with Crippen LogP contribution in [0.5, 0.6) is 0 Å². The van der Waals surface area contributed by atoms with E-state index in [2.05, 4.69) is 24.0 Å². The van der Waals surface area contributed by atoms with Crippen molar-refractivity contribution in [2.75, 3.05) is 18.1 Å². The molecule has 0 spiro atoms. The minimum Gasteiger partial charge on any atom is -0.481 e. The number of aromatic amines is 1. The van der Waals surface area contributed by atoms with Gasteiger partial charge in [0.05, 0.1) is 12.5 Å². The molecule has 1 saturated heterocycles. The highest BCUT2D eigenvalue weighted by molar-refractivity contribution is 7.99.